The summed E-state index contributed by atoms with van der Waals surface area (Å²) in [5.41, 5.74) is 7.18. The van der Waals surface area contributed by atoms with Gasteiger partial charge in [0.05, 0.1) is 12.7 Å². The zero-order valence-electron chi connectivity index (χ0n) is 12.0. The van der Waals surface area contributed by atoms with E-state index in [1.165, 1.54) is 0 Å². The van der Waals surface area contributed by atoms with Crippen molar-refractivity contribution in [1.29, 1.82) is 0 Å². The fourth-order valence-corrected chi connectivity index (χ4v) is 2.48. The van der Waals surface area contributed by atoms with E-state index in [0.717, 1.165) is 31.7 Å². The predicted molar refractivity (Wildman–Crippen MR) is 76.7 cm³/mol. The normalized spacial score (nSPS) is 24.8. The van der Waals surface area contributed by atoms with Crippen LogP contribution in [0.15, 0.2) is 23.5 Å². The van der Waals surface area contributed by atoms with Crippen LogP contribution in [0, 0.1) is 0 Å². The van der Waals surface area contributed by atoms with Gasteiger partial charge in [-0.2, -0.15) is 0 Å². The van der Waals surface area contributed by atoms with E-state index in [1.54, 1.807) is 6.20 Å². The van der Waals surface area contributed by atoms with Gasteiger partial charge in [-0.3, -0.25) is 9.88 Å². The first-order chi connectivity index (χ1) is 9.63. The molecule has 6 nitrogen and oxygen atoms in total. The summed E-state index contributed by atoms with van der Waals surface area (Å²) < 4.78 is 5.70. The van der Waals surface area contributed by atoms with Crippen LogP contribution >= 0.6 is 0 Å². The number of ether oxygens (including phenoxy) is 1. The van der Waals surface area contributed by atoms with Gasteiger partial charge in [-0.15, -0.1) is 0 Å². The molecule has 0 aromatic carbocycles. The third-order valence-electron chi connectivity index (χ3n) is 3.63. The molecule has 1 aliphatic rings. The molecule has 20 heavy (non-hydrogen) atoms. The molecular formula is C14H22N4O2. The minimum atomic E-state index is 0.0363. The minimum Gasteiger partial charge on any atom is -0.409 e. The molecule has 2 atom stereocenters. The van der Waals surface area contributed by atoms with E-state index in [1.807, 2.05) is 12.1 Å². The molecule has 0 spiro atoms. The second kappa shape index (κ2) is 6.67. The summed E-state index contributed by atoms with van der Waals surface area (Å²) in [6.07, 6.45) is 3.00. The monoisotopic (exact) mass is 278 g/mol. The number of hydrogen-bond acceptors (Lipinski definition) is 5. The maximum absolute atomic E-state index is 8.71. The first-order valence-electron chi connectivity index (χ1n) is 6.92. The van der Waals surface area contributed by atoms with Gasteiger partial charge in [-0.1, -0.05) is 12.1 Å². The molecule has 2 rings (SSSR count). The molecule has 1 saturated heterocycles. The van der Waals surface area contributed by atoms with Crippen LogP contribution in [-0.2, 0) is 11.3 Å². The van der Waals surface area contributed by atoms with Crippen LogP contribution in [-0.4, -0.2) is 46.2 Å². The molecule has 0 saturated carbocycles. The van der Waals surface area contributed by atoms with E-state index >= 15 is 0 Å². The SMILES string of the molecule is CCC1COC(C)CN1Cc1ccnc(C(N)=NO)c1. The van der Waals surface area contributed by atoms with Crippen molar-refractivity contribution < 1.29 is 9.94 Å². The number of amidine groups is 1. The second-order valence-electron chi connectivity index (χ2n) is 5.17. The molecule has 110 valence electrons. The molecule has 2 heterocycles. The number of nitrogens with zero attached hydrogens (tertiary/aromatic N) is 3. The molecule has 0 bridgehead atoms. The summed E-state index contributed by atoms with van der Waals surface area (Å²) in [5.74, 6) is 0.0363. The Labute approximate surface area is 119 Å². The quantitative estimate of drug-likeness (QED) is 0.374. The Kier molecular flexibility index (Phi) is 4.92. The summed E-state index contributed by atoms with van der Waals surface area (Å²) in [5, 5.41) is 11.7. The number of rotatable bonds is 4. The number of pyridine rings is 1. The maximum atomic E-state index is 8.71. The average Bonchev–Trinajstić information content (AvgIpc) is 2.47. The van der Waals surface area contributed by atoms with Crippen molar-refractivity contribution in [1.82, 2.24) is 9.88 Å². The highest BCUT2D eigenvalue weighted by molar-refractivity contribution is 5.95. The van der Waals surface area contributed by atoms with E-state index in [0.29, 0.717) is 11.7 Å². The Morgan fingerprint density at radius 1 is 1.65 bits per heavy atom. The fraction of sp³-hybridized carbons (Fsp3) is 0.571. The largest absolute Gasteiger partial charge is 0.409 e. The summed E-state index contributed by atoms with van der Waals surface area (Å²) in [4.78, 5) is 6.51. The van der Waals surface area contributed by atoms with Gasteiger partial charge in [-0.25, -0.2) is 0 Å². The van der Waals surface area contributed by atoms with E-state index in [2.05, 4.69) is 28.9 Å². The summed E-state index contributed by atoms with van der Waals surface area (Å²) >= 11 is 0. The smallest absolute Gasteiger partial charge is 0.188 e. The minimum absolute atomic E-state index is 0.0363. The summed E-state index contributed by atoms with van der Waals surface area (Å²) in [6, 6.07) is 4.26. The highest BCUT2D eigenvalue weighted by atomic mass is 16.5. The zero-order valence-corrected chi connectivity index (χ0v) is 12.0. The van der Waals surface area contributed by atoms with Gasteiger partial charge in [0, 0.05) is 25.3 Å². The van der Waals surface area contributed by atoms with Crippen LogP contribution in [0.25, 0.3) is 0 Å². The molecular weight excluding hydrogens is 256 g/mol. The molecule has 2 unspecified atom stereocenters. The van der Waals surface area contributed by atoms with Crippen LogP contribution in [0.1, 0.15) is 31.5 Å². The van der Waals surface area contributed by atoms with Crippen LogP contribution in [0.5, 0.6) is 0 Å². The standard InChI is InChI=1S/C14H22N4O2/c1-3-12-9-20-10(2)7-18(12)8-11-4-5-16-13(6-11)14(15)17-19/h4-6,10,12,19H,3,7-9H2,1-2H3,(H2,15,17). The first kappa shape index (κ1) is 14.7. The van der Waals surface area contributed by atoms with Crippen molar-refractivity contribution in [3.8, 4) is 0 Å². The second-order valence-corrected chi connectivity index (χ2v) is 5.17. The van der Waals surface area contributed by atoms with Gasteiger partial charge >= 0.3 is 0 Å². The van der Waals surface area contributed by atoms with Crippen LogP contribution < -0.4 is 5.73 Å². The van der Waals surface area contributed by atoms with Crippen molar-refractivity contribution in [3.05, 3.63) is 29.6 Å². The third-order valence-corrected chi connectivity index (χ3v) is 3.63. The van der Waals surface area contributed by atoms with Crippen LogP contribution in [0.2, 0.25) is 0 Å². The zero-order chi connectivity index (χ0) is 14.5. The van der Waals surface area contributed by atoms with Crippen molar-refractivity contribution in [2.45, 2.75) is 39.0 Å². The van der Waals surface area contributed by atoms with Crippen molar-refractivity contribution in [2.24, 2.45) is 10.9 Å². The van der Waals surface area contributed by atoms with Gasteiger partial charge in [-0.05, 0) is 31.0 Å². The average molecular weight is 278 g/mol. The van der Waals surface area contributed by atoms with Gasteiger partial charge in [0.1, 0.15) is 5.69 Å². The number of nitrogens with two attached hydrogens (primary N) is 1. The topological polar surface area (TPSA) is 84.0 Å². The van der Waals surface area contributed by atoms with Gasteiger partial charge in [0.15, 0.2) is 5.84 Å². The van der Waals surface area contributed by atoms with Crippen molar-refractivity contribution in [3.63, 3.8) is 0 Å². The lowest BCUT2D eigenvalue weighted by Crippen LogP contribution is -2.47. The van der Waals surface area contributed by atoms with Gasteiger partial charge in [0.25, 0.3) is 0 Å². The Morgan fingerprint density at radius 2 is 2.45 bits per heavy atom. The molecule has 6 heteroatoms. The van der Waals surface area contributed by atoms with Crippen LogP contribution in [0.3, 0.4) is 0 Å². The van der Waals surface area contributed by atoms with Crippen molar-refractivity contribution >= 4 is 5.84 Å². The lowest BCUT2D eigenvalue weighted by molar-refractivity contribution is -0.0592. The van der Waals surface area contributed by atoms with E-state index in [4.69, 9.17) is 15.7 Å². The number of oxime groups is 1. The molecule has 3 N–H and O–H groups in total. The lowest BCUT2D eigenvalue weighted by atomic mass is 10.1. The molecule has 0 aliphatic carbocycles. The Bertz CT molecular complexity index is 478. The highest BCUT2D eigenvalue weighted by Gasteiger charge is 2.25. The molecule has 1 fully saturated rings. The molecule has 1 aliphatic heterocycles. The molecule has 0 amide bonds. The summed E-state index contributed by atoms with van der Waals surface area (Å²) in [6.45, 7) is 6.77. The number of hydrogen-bond donors (Lipinski definition) is 2. The van der Waals surface area contributed by atoms with Gasteiger partial charge in [0.2, 0.25) is 0 Å². The Morgan fingerprint density at radius 3 is 3.15 bits per heavy atom. The summed E-state index contributed by atoms with van der Waals surface area (Å²) in [7, 11) is 0. The predicted octanol–water partition coefficient (Wildman–Crippen LogP) is 1.18. The Hall–Kier alpha value is -1.66. The molecule has 1 aromatic heterocycles. The number of morpholine rings is 1. The third kappa shape index (κ3) is 3.46. The van der Waals surface area contributed by atoms with Gasteiger partial charge < -0.3 is 15.7 Å². The maximum Gasteiger partial charge on any atom is 0.188 e. The van der Waals surface area contributed by atoms with Crippen molar-refractivity contribution in [2.75, 3.05) is 13.2 Å². The van der Waals surface area contributed by atoms with E-state index in [9.17, 15) is 0 Å². The lowest BCUT2D eigenvalue weighted by Gasteiger charge is -2.38. The highest BCUT2D eigenvalue weighted by Crippen LogP contribution is 2.17. The Balaban J connectivity index is 2.12. The fourth-order valence-electron chi connectivity index (χ4n) is 2.48. The number of aromatic nitrogens is 1. The van der Waals surface area contributed by atoms with E-state index < -0.39 is 0 Å². The van der Waals surface area contributed by atoms with E-state index in [-0.39, 0.29) is 11.9 Å². The molecule has 0 radical (unpaired) electrons. The first-order valence-corrected chi connectivity index (χ1v) is 6.92. The van der Waals surface area contributed by atoms with Crippen LogP contribution in [0.4, 0.5) is 0 Å². The molecule has 1 aromatic rings.